The minimum atomic E-state index is -0.966. The van der Waals surface area contributed by atoms with Crippen LogP contribution in [0.15, 0.2) is 36.4 Å². The van der Waals surface area contributed by atoms with E-state index >= 15 is 0 Å². The molecule has 0 amide bonds. The SMILES string of the molecule is CCCCCCCCCCCOc1ccc2c(c1C(=O)O)Cc1ccccc1O2. The van der Waals surface area contributed by atoms with Gasteiger partial charge in [0.15, 0.2) is 0 Å². The molecule has 0 fully saturated rings. The molecule has 0 aliphatic carbocycles. The Morgan fingerprint density at radius 1 is 0.931 bits per heavy atom. The molecule has 3 rings (SSSR count). The van der Waals surface area contributed by atoms with Gasteiger partial charge in [-0.25, -0.2) is 4.79 Å². The molecule has 2 aromatic rings. The second-order valence-corrected chi connectivity index (χ2v) is 7.78. The fourth-order valence-electron chi connectivity index (χ4n) is 3.89. The van der Waals surface area contributed by atoms with E-state index in [1.54, 1.807) is 6.07 Å². The molecular weight excluding hydrogens is 364 g/mol. The summed E-state index contributed by atoms with van der Waals surface area (Å²) in [4.78, 5) is 12.0. The van der Waals surface area contributed by atoms with Crippen molar-refractivity contribution in [1.82, 2.24) is 0 Å². The summed E-state index contributed by atoms with van der Waals surface area (Å²) in [6, 6.07) is 11.3. The van der Waals surface area contributed by atoms with Gasteiger partial charge in [0, 0.05) is 12.0 Å². The monoisotopic (exact) mass is 396 g/mol. The average molecular weight is 397 g/mol. The number of ether oxygens (including phenoxy) is 2. The van der Waals surface area contributed by atoms with Gasteiger partial charge in [-0.1, -0.05) is 76.5 Å². The molecule has 0 radical (unpaired) electrons. The van der Waals surface area contributed by atoms with Crippen molar-refractivity contribution in [1.29, 1.82) is 0 Å². The van der Waals surface area contributed by atoms with Crippen LogP contribution in [0.3, 0.4) is 0 Å². The highest BCUT2D eigenvalue weighted by Crippen LogP contribution is 2.41. The smallest absolute Gasteiger partial charge is 0.339 e. The number of para-hydroxylation sites is 1. The number of unbranched alkanes of at least 4 members (excludes halogenated alkanes) is 8. The Bertz CT molecular complexity index is 812. The first-order chi connectivity index (χ1) is 14.2. The highest BCUT2D eigenvalue weighted by Gasteiger charge is 2.26. The van der Waals surface area contributed by atoms with Crippen molar-refractivity contribution < 1.29 is 19.4 Å². The summed E-state index contributed by atoms with van der Waals surface area (Å²) in [5.41, 5.74) is 1.92. The molecule has 0 spiro atoms. The Kier molecular flexibility index (Phi) is 7.97. The van der Waals surface area contributed by atoms with Crippen molar-refractivity contribution in [3.8, 4) is 17.2 Å². The number of carbonyl (C=O) groups is 1. The van der Waals surface area contributed by atoms with Crippen molar-refractivity contribution in [3.63, 3.8) is 0 Å². The van der Waals surface area contributed by atoms with Crippen LogP contribution in [0.4, 0.5) is 0 Å². The highest BCUT2D eigenvalue weighted by molar-refractivity contribution is 5.94. The lowest BCUT2D eigenvalue weighted by molar-refractivity contribution is 0.0690. The van der Waals surface area contributed by atoms with E-state index in [4.69, 9.17) is 9.47 Å². The first-order valence-electron chi connectivity index (χ1n) is 11.0. The number of hydrogen-bond donors (Lipinski definition) is 1. The standard InChI is InChI=1S/C25H32O4/c1-2-3-4-5-6-7-8-9-12-17-28-23-16-15-22-20(24(23)25(26)27)18-19-13-10-11-14-21(19)29-22/h10-11,13-16H,2-9,12,17-18H2,1H3,(H,26,27). The normalized spacial score (nSPS) is 12.0. The number of fused-ring (bicyclic) bond motifs is 2. The molecule has 0 unspecified atom stereocenters. The lowest BCUT2D eigenvalue weighted by Crippen LogP contribution is -2.12. The Labute approximate surface area is 173 Å². The molecule has 1 aliphatic rings. The molecule has 0 saturated carbocycles. The van der Waals surface area contributed by atoms with Crippen molar-refractivity contribution in [2.45, 2.75) is 71.1 Å². The molecule has 1 aliphatic heterocycles. The maximum atomic E-state index is 12.0. The van der Waals surface area contributed by atoms with Gasteiger partial charge in [0.1, 0.15) is 22.8 Å². The van der Waals surface area contributed by atoms with Gasteiger partial charge < -0.3 is 14.6 Å². The van der Waals surface area contributed by atoms with Crippen molar-refractivity contribution in [2.75, 3.05) is 6.61 Å². The summed E-state index contributed by atoms with van der Waals surface area (Å²) in [6.07, 6.45) is 11.8. The van der Waals surface area contributed by atoms with Gasteiger partial charge in [-0.15, -0.1) is 0 Å². The molecule has 156 valence electrons. The van der Waals surface area contributed by atoms with Gasteiger partial charge in [0.25, 0.3) is 0 Å². The summed E-state index contributed by atoms with van der Waals surface area (Å²) < 4.78 is 11.8. The summed E-state index contributed by atoms with van der Waals surface area (Å²) >= 11 is 0. The maximum Gasteiger partial charge on any atom is 0.339 e. The first kappa shape index (κ1) is 21.2. The van der Waals surface area contributed by atoms with E-state index in [9.17, 15) is 9.90 Å². The Morgan fingerprint density at radius 3 is 2.34 bits per heavy atom. The third kappa shape index (κ3) is 5.75. The van der Waals surface area contributed by atoms with Crippen LogP contribution >= 0.6 is 0 Å². The molecule has 0 saturated heterocycles. The van der Waals surface area contributed by atoms with E-state index in [0.717, 1.165) is 24.2 Å². The highest BCUT2D eigenvalue weighted by atomic mass is 16.5. The van der Waals surface area contributed by atoms with E-state index in [1.165, 1.54) is 44.9 Å². The van der Waals surface area contributed by atoms with E-state index in [-0.39, 0.29) is 5.56 Å². The predicted octanol–water partition coefficient (Wildman–Crippen LogP) is 6.99. The van der Waals surface area contributed by atoms with Gasteiger partial charge in [0.2, 0.25) is 0 Å². The first-order valence-corrected chi connectivity index (χ1v) is 11.0. The topological polar surface area (TPSA) is 55.8 Å². The Morgan fingerprint density at radius 2 is 1.62 bits per heavy atom. The van der Waals surface area contributed by atoms with Crippen LogP contribution in [0.1, 0.15) is 86.2 Å². The number of carboxylic acids is 1. The van der Waals surface area contributed by atoms with Gasteiger partial charge >= 0.3 is 5.97 Å². The molecule has 1 N–H and O–H groups in total. The van der Waals surface area contributed by atoms with Crippen LogP contribution in [0.25, 0.3) is 0 Å². The summed E-state index contributed by atoms with van der Waals surface area (Å²) in [6.45, 7) is 2.79. The Balaban J connectivity index is 1.51. The molecule has 0 atom stereocenters. The second kappa shape index (κ2) is 10.9. The van der Waals surface area contributed by atoms with Gasteiger partial charge in [-0.3, -0.25) is 0 Å². The van der Waals surface area contributed by atoms with Crippen LogP contribution < -0.4 is 9.47 Å². The second-order valence-electron chi connectivity index (χ2n) is 7.78. The van der Waals surface area contributed by atoms with Crippen LogP contribution in [0.2, 0.25) is 0 Å². The van der Waals surface area contributed by atoms with E-state index < -0.39 is 5.97 Å². The van der Waals surface area contributed by atoms with Gasteiger partial charge in [0.05, 0.1) is 6.61 Å². The van der Waals surface area contributed by atoms with Crippen molar-refractivity contribution in [2.24, 2.45) is 0 Å². The third-order valence-electron chi connectivity index (χ3n) is 5.51. The van der Waals surface area contributed by atoms with Gasteiger partial charge in [-0.05, 0) is 30.2 Å². The number of aromatic carboxylic acids is 1. The number of benzene rings is 2. The van der Waals surface area contributed by atoms with E-state index in [0.29, 0.717) is 30.1 Å². The summed E-state index contributed by atoms with van der Waals surface area (Å²) in [7, 11) is 0. The molecule has 2 aromatic carbocycles. The fourth-order valence-corrected chi connectivity index (χ4v) is 3.89. The zero-order valence-electron chi connectivity index (χ0n) is 17.4. The van der Waals surface area contributed by atoms with Crippen LogP contribution in [-0.4, -0.2) is 17.7 Å². The molecular formula is C25H32O4. The molecule has 4 heteroatoms. The zero-order valence-corrected chi connectivity index (χ0v) is 17.4. The van der Waals surface area contributed by atoms with E-state index in [2.05, 4.69) is 6.92 Å². The number of rotatable bonds is 12. The van der Waals surface area contributed by atoms with Crippen LogP contribution in [0, 0.1) is 0 Å². The Hall–Kier alpha value is -2.49. The third-order valence-corrected chi connectivity index (χ3v) is 5.51. The number of carboxylic acid groups (broad SMARTS) is 1. The predicted molar refractivity (Wildman–Crippen MR) is 115 cm³/mol. The molecule has 29 heavy (non-hydrogen) atoms. The zero-order chi connectivity index (χ0) is 20.5. The van der Waals surface area contributed by atoms with Crippen molar-refractivity contribution >= 4 is 5.97 Å². The van der Waals surface area contributed by atoms with Crippen molar-refractivity contribution in [3.05, 3.63) is 53.1 Å². The maximum absolute atomic E-state index is 12.0. The van der Waals surface area contributed by atoms with E-state index in [1.807, 2.05) is 30.3 Å². The molecule has 4 nitrogen and oxygen atoms in total. The lowest BCUT2D eigenvalue weighted by atomic mass is 9.95. The number of hydrogen-bond acceptors (Lipinski definition) is 3. The molecule has 0 aromatic heterocycles. The molecule has 1 heterocycles. The lowest BCUT2D eigenvalue weighted by Gasteiger charge is -2.23. The summed E-state index contributed by atoms with van der Waals surface area (Å²) in [5, 5.41) is 9.80. The van der Waals surface area contributed by atoms with Crippen LogP contribution in [0.5, 0.6) is 17.2 Å². The minimum Gasteiger partial charge on any atom is -0.493 e. The largest absolute Gasteiger partial charge is 0.493 e. The fraction of sp³-hybridized carbons (Fsp3) is 0.480. The summed E-state index contributed by atoms with van der Waals surface area (Å²) in [5.74, 6) is 0.877. The average Bonchev–Trinajstić information content (AvgIpc) is 2.73. The quantitative estimate of drug-likeness (QED) is 0.335. The van der Waals surface area contributed by atoms with Gasteiger partial charge in [-0.2, -0.15) is 0 Å². The van der Waals surface area contributed by atoms with Crippen LogP contribution in [-0.2, 0) is 6.42 Å². The minimum absolute atomic E-state index is 0.230. The molecule has 0 bridgehead atoms.